The summed E-state index contributed by atoms with van der Waals surface area (Å²) in [4.78, 5) is 20.8. The maximum absolute atomic E-state index is 14.9. The van der Waals surface area contributed by atoms with Crippen molar-refractivity contribution in [1.82, 2.24) is 9.97 Å². The summed E-state index contributed by atoms with van der Waals surface area (Å²) in [5.74, 6) is 0.196. The van der Waals surface area contributed by atoms with E-state index in [1.54, 1.807) is 18.2 Å². The molecule has 0 spiro atoms. The van der Waals surface area contributed by atoms with Gasteiger partial charge in [0.25, 0.3) is 0 Å². The number of benzene rings is 2. The molecule has 38 heavy (non-hydrogen) atoms. The van der Waals surface area contributed by atoms with Crippen LogP contribution in [0, 0.1) is 5.82 Å². The van der Waals surface area contributed by atoms with Crippen molar-refractivity contribution in [2.75, 3.05) is 0 Å². The normalized spacial score (nSPS) is 12.5. The van der Waals surface area contributed by atoms with E-state index in [1.807, 2.05) is 39.8 Å². The molecular weight excluding hydrogens is 483 g/mol. The van der Waals surface area contributed by atoms with Gasteiger partial charge in [0.1, 0.15) is 28.9 Å². The molecular formula is C31H35FN2O4. The number of esters is 1. The van der Waals surface area contributed by atoms with Gasteiger partial charge in [0.05, 0.1) is 11.7 Å². The van der Waals surface area contributed by atoms with Crippen LogP contribution in [0.2, 0.25) is 0 Å². The first kappa shape index (κ1) is 27.3. The van der Waals surface area contributed by atoms with Gasteiger partial charge >= 0.3 is 5.97 Å². The number of furan rings is 1. The fraction of sp³-hybridized carbons (Fsp3) is 0.387. The Hall–Kier alpha value is -3.74. The highest BCUT2D eigenvalue weighted by molar-refractivity contribution is 6.03. The van der Waals surface area contributed by atoms with Crippen molar-refractivity contribution in [2.45, 2.75) is 78.4 Å². The van der Waals surface area contributed by atoms with E-state index in [4.69, 9.17) is 13.9 Å². The third-order valence-electron chi connectivity index (χ3n) is 6.20. The lowest BCUT2D eigenvalue weighted by Gasteiger charge is -2.19. The van der Waals surface area contributed by atoms with Crippen molar-refractivity contribution >= 4 is 17.1 Å². The number of fused-ring (bicyclic) bond motifs is 1. The Balaban J connectivity index is 1.61. The van der Waals surface area contributed by atoms with Gasteiger partial charge in [0.2, 0.25) is 11.6 Å². The third kappa shape index (κ3) is 6.57. The van der Waals surface area contributed by atoms with Crippen LogP contribution in [0.5, 0.6) is 5.88 Å². The Morgan fingerprint density at radius 2 is 1.79 bits per heavy atom. The minimum absolute atomic E-state index is 0.172. The van der Waals surface area contributed by atoms with E-state index in [9.17, 15) is 9.18 Å². The summed E-state index contributed by atoms with van der Waals surface area (Å²) in [5.41, 5.74) is 2.96. The Kier molecular flexibility index (Phi) is 8.45. The van der Waals surface area contributed by atoms with E-state index in [-0.39, 0.29) is 17.9 Å². The second-order valence-electron chi connectivity index (χ2n) is 10.5. The summed E-state index contributed by atoms with van der Waals surface area (Å²) < 4.78 is 32.7. The molecule has 0 saturated heterocycles. The molecule has 2 aromatic carbocycles. The highest BCUT2D eigenvalue weighted by Gasteiger charge is 2.25. The number of hydrogen-bond acceptors (Lipinski definition) is 6. The largest absolute Gasteiger partial charge is 0.474 e. The lowest BCUT2D eigenvalue weighted by Crippen LogP contribution is -2.23. The molecule has 0 N–H and O–H groups in total. The van der Waals surface area contributed by atoms with Gasteiger partial charge in [0.15, 0.2) is 0 Å². The molecule has 4 rings (SSSR count). The standard InChI is InChI=1S/C31H35FN2O4/c1-6-21-15-17-22(18-16-21)26-27-29(36-20(2)11-7-10-14-25(35)38-31(3,4)5)33-19-34-30(27)37-28(26)23-12-8-9-13-24(23)32/h8-9,12-13,15-20H,6-7,10-11,14H2,1-5H3. The van der Waals surface area contributed by atoms with Gasteiger partial charge in [-0.25, -0.2) is 14.4 Å². The van der Waals surface area contributed by atoms with E-state index in [0.29, 0.717) is 46.7 Å². The van der Waals surface area contributed by atoms with Crippen molar-refractivity contribution in [3.63, 3.8) is 0 Å². The molecule has 1 unspecified atom stereocenters. The average Bonchev–Trinajstić information content (AvgIpc) is 3.26. The van der Waals surface area contributed by atoms with Crippen LogP contribution >= 0.6 is 0 Å². The second-order valence-corrected chi connectivity index (χ2v) is 10.5. The number of unbranched alkanes of at least 4 members (excludes halogenated alkanes) is 1. The van der Waals surface area contributed by atoms with E-state index < -0.39 is 5.60 Å². The van der Waals surface area contributed by atoms with Gasteiger partial charge in [-0.2, -0.15) is 0 Å². The molecule has 200 valence electrons. The number of nitrogens with zero attached hydrogens (tertiary/aromatic N) is 2. The molecule has 1 atom stereocenters. The summed E-state index contributed by atoms with van der Waals surface area (Å²) >= 11 is 0. The molecule has 2 heterocycles. The lowest BCUT2D eigenvalue weighted by atomic mass is 9.98. The molecule has 0 aliphatic rings. The highest BCUT2D eigenvalue weighted by Crippen LogP contribution is 2.44. The Labute approximate surface area is 223 Å². The molecule has 6 nitrogen and oxygen atoms in total. The number of carbonyl (C=O) groups is 1. The predicted molar refractivity (Wildman–Crippen MR) is 146 cm³/mol. The van der Waals surface area contributed by atoms with Crippen LogP contribution in [0.3, 0.4) is 0 Å². The molecule has 0 aliphatic heterocycles. The SMILES string of the molecule is CCc1ccc(-c2c(-c3ccccc3F)oc3ncnc(OC(C)CCCCC(=O)OC(C)(C)C)c23)cc1. The van der Waals surface area contributed by atoms with Gasteiger partial charge in [-0.05, 0) is 76.6 Å². The van der Waals surface area contributed by atoms with Gasteiger partial charge in [-0.1, -0.05) is 43.3 Å². The smallest absolute Gasteiger partial charge is 0.306 e. The molecule has 7 heteroatoms. The zero-order chi connectivity index (χ0) is 27.3. The molecule has 0 radical (unpaired) electrons. The van der Waals surface area contributed by atoms with Crippen molar-refractivity contribution in [2.24, 2.45) is 0 Å². The van der Waals surface area contributed by atoms with Crippen LogP contribution in [-0.4, -0.2) is 27.6 Å². The number of hydrogen-bond donors (Lipinski definition) is 0. The van der Waals surface area contributed by atoms with Crippen molar-refractivity contribution in [3.8, 4) is 28.3 Å². The minimum atomic E-state index is -0.480. The molecule has 4 aromatic rings. The van der Waals surface area contributed by atoms with Crippen molar-refractivity contribution in [1.29, 1.82) is 0 Å². The number of rotatable bonds is 10. The maximum Gasteiger partial charge on any atom is 0.306 e. The zero-order valence-electron chi connectivity index (χ0n) is 22.7. The number of ether oxygens (including phenoxy) is 2. The number of aromatic nitrogens is 2. The number of halogens is 1. The van der Waals surface area contributed by atoms with Crippen molar-refractivity contribution in [3.05, 3.63) is 66.2 Å². The fourth-order valence-corrected chi connectivity index (χ4v) is 4.36. The summed E-state index contributed by atoms with van der Waals surface area (Å²) in [5, 5.41) is 0.607. The zero-order valence-corrected chi connectivity index (χ0v) is 22.7. The van der Waals surface area contributed by atoms with Gasteiger partial charge in [-0.3, -0.25) is 4.79 Å². The number of aryl methyl sites for hydroxylation is 1. The van der Waals surface area contributed by atoms with Crippen LogP contribution in [0.15, 0.2) is 59.3 Å². The quantitative estimate of drug-likeness (QED) is 0.157. The first-order valence-corrected chi connectivity index (χ1v) is 13.2. The van der Waals surface area contributed by atoms with Crippen LogP contribution in [0.1, 0.15) is 65.9 Å². The van der Waals surface area contributed by atoms with E-state index >= 15 is 0 Å². The predicted octanol–water partition coefficient (Wildman–Crippen LogP) is 7.93. The number of carbonyl (C=O) groups excluding carboxylic acids is 1. The summed E-state index contributed by atoms with van der Waals surface area (Å²) in [6.07, 6.45) is 4.74. The van der Waals surface area contributed by atoms with E-state index in [2.05, 4.69) is 29.0 Å². The topological polar surface area (TPSA) is 74.5 Å². The molecule has 0 aliphatic carbocycles. The summed E-state index contributed by atoms with van der Waals surface area (Å²) in [6, 6.07) is 14.6. The minimum Gasteiger partial charge on any atom is -0.474 e. The fourth-order valence-electron chi connectivity index (χ4n) is 4.36. The van der Waals surface area contributed by atoms with Crippen LogP contribution in [0.4, 0.5) is 4.39 Å². The highest BCUT2D eigenvalue weighted by atomic mass is 19.1. The Bertz CT molecular complexity index is 1390. The first-order valence-electron chi connectivity index (χ1n) is 13.2. The molecule has 2 aromatic heterocycles. The Morgan fingerprint density at radius 3 is 2.47 bits per heavy atom. The molecule has 0 saturated carbocycles. The van der Waals surface area contributed by atoms with Crippen LogP contribution in [0.25, 0.3) is 33.6 Å². The van der Waals surface area contributed by atoms with Crippen LogP contribution < -0.4 is 4.74 Å². The van der Waals surface area contributed by atoms with Crippen LogP contribution in [-0.2, 0) is 16.0 Å². The van der Waals surface area contributed by atoms with Gasteiger partial charge in [-0.15, -0.1) is 0 Å². The van der Waals surface area contributed by atoms with Gasteiger partial charge < -0.3 is 13.9 Å². The monoisotopic (exact) mass is 518 g/mol. The van der Waals surface area contributed by atoms with Gasteiger partial charge in [0, 0.05) is 12.0 Å². The molecule has 0 amide bonds. The van der Waals surface area contributed by atoms with Crippen molar-refractivity contribution < 1.29 is 23.1 Å². The van der Waals surface area contributed by atoms with E-state index in [1.165, 1.54) is 18.0 Å². The summed E-state index contributed by atoms with van der Waals surface area (Å²) in [6.45, 7) is 9.66. The van der Waals surface area contributed by atoms with E-state index in [0.717, 1.165) is 24.8 Å². The lowest BCUT2D eigenvalue weighted by molar-refractivity contribution is -0.154. The maximum atomic E-state index is 14.9. The first-order chi connectivity index (χ1) is 18.2. The third-order valence-corrected chi connectivity index (χ3v) is 6.20. The average molecular weight is 519 g/mol. The molecule has 0 bridgehead atoms. The molecule has 0 fully saturated rings. The summed E-state index contributed by atoms with van der Waals surface area (Å²) in [7, 11) is 0. The Morgan fingerprint density at radius 1 is 1.05 bits per heavy atom. The second kappa shape index (κ2) is 11.8.